The molecule has 1 heterocycles. The molecule has 3 N–H and O–H groups in total. The summed E-state index contributed by atoms with van der Waals surface area (Å²) in [4.78, 5) is 24.9. The van der Waals surface area contributed by atoms with Crippen molar-refractivity contribution in [3.05, 3.63) is 35.4 Å². The van der Waals surface area contributed by atoms with E-state index in [1.165, 1.54) is 24.3 Å². The van der Waals surface area contributed by atoms with E-state index in [1.807, 2.05) is 0 Å². The van der Waals surface area contributed by atoms with Crippen LogP contribution in [0.1, 0.15) is 71.8 Å². The highest BCUT2D eigenvalue weighted by atomic mass is 32.2. The van der Waals surface area contributed by atoms with E-state index in [-0.39, 0.29) is 17.5 Å². The minimum Gasteiger partial charge on any atom is -0.458 e. The van der Waals surface area contributed by atoms with Gasteiger partial charge in [-0.25, -0.2) is 13.8 Å². The van der Waals surface area contributed by atoms with Crippen molar-refractivity contribution >= 4 is 21.8 Å². The molecule has 0 saturated heterocycles. The van der Waals surface area contributed by atoms with Crippen LogP contribution < -0.4 is 5.32 Å². The lowest BCUT2D eigenvalue weighted by Gasteiger charge is -2.32. The Balaban J connectivity index is 2.19. The summed E-state index contributed by atoms with van der Waals surface area (Å²) in [5.74, 6) is -2.11. The molecule has 2 rings (SSSR count). The predicted octanol–water partition coefficient (Wildman–Crippen LogP) is 4.53. The number of halogens is 3. The molecule has 4 atom stereocenters. The summed E-state index contributed by atoms with van der Waals surface area (Å²) >= 11 is 0. The van der Waals surface area contributed by atoms with E-state index >= 15 is 0 Å². The van der Waals surface area contributed by atoms with E-state index in [0.717, 1.165) is 0 Å². The van der Waals surface area contributed by atoms with E-state index < -0.39 is 75.0 Å². The summed E-state index contributed by atoms with van der Waals surface area (Å²) in [6, 6.07) is 3.96. The second-order valence-corrected chi connectivity index (χ2v) is 13.3. The molecule has 0 spiro atoms. The summed E-state index contributed by atoms with van der Waals surface area (Å²) in [6.07, 6.45) is -8.96. The van der Waals surface area contributed by atoms with Crippen LogP contribution >= 0.6 is 0 Å². The molecule has 1 amide bonds. The summed E-state index contributed by atoms with van der Waals surface area (Å²) in [7, 11) is -3.69. The van der Waals surface area contributed by atoms with E-state index in [0.29, 0.717) is 0 Å². The Hall–Kier alpha value is -2.38. The van der Waals surface area contributed by atoms with Crippen LogP contribution in [0, 0.1) is 4.78 Å². The SMILES string of the molecule is CC(C)(C)OC(=O)N[C@@H](CCS(=N)(=O)CCC1(C(F)(F)F)OC(O)c2ccccc21)C(=O)OC(C)(C)C. The second kappa shape index (κ2) is 10.8. The Morgan fingerprint density at radius 2 is 1.68 bits per heavy atom. The Morgan fingerprint density at radius 3 is 2.22 bits per heavy atom. The molecule has 0 saturated carbocycles. The molecule has 0 aliphatic carbocycles. The molecular weight excluding hydrogens is 517 g/mol. The molecule has 0 aromatic heterocycles. The quantitative estimate of drug-likeness (QED) is 0.404. The standard InChI is InChI=1S/C24H35F3N2O7S/c1-21(2,3)34-19(31)17(29-20(32)36-22(4,5)6)11-13-37(28,33)14-12-23(24(25,26)27)16-10-8-7-9-15(16)18(30)35-23/h7-10,17-18,28,30H,11-14H2,1-6H3,(H,29,32)/t17-,18?,23?,37?/m0/s1. The number of alkyl halides is 3. The van der Waals surface area contributed by atoms with Crippen LogP contribution in [0.15, 0.2) is 24.3 Å². The molecule has 1 aliphatic rings. The van der Waals surface area contributed by atoms with Crippen molar-refractivity contribution in [1.29, 1.82) is 4.78 Å². The largest absolute Gasteiger partial charge is 0.458 e. The number of aliphatic hydroxyl groups excluding tert-OH is 1. The average Bonchev–Trinajstić information content (AvgIpc) is 3.00. The maximum Gasteiger partial charge on any atom is 0.421 e. The van der Waals surface area contributed by atoms with Gasteiger partial charge >= 0.3 is 18.2 Å². The molecule has 1 aromatic carbocycles. The first-order chi connectivity index (χ1) is 16.7. The topological polar surface area (TPSA) is 135 Å². The fourth-order valence-electron chi connectivity index (χ4n) is 3.74. The minimum atomic E-state index is -4.96. The van der Waals surface area contributed by atoms with Crippen LogP contribution in [0.3, 0.4) is 0 Å². The van der Waals surface area contributed by atoms with E-state index in [1.54, 1.807) is 41.5 Å². The molecular formula is C24H35F3N2O7S. The van der Waals surface area contributed by atoms with Crippen molar-refractivity contribution in [1.82, 2.24) is 5.32 Å². The molecule has 0 bridgehead atoms. The molecule has 9 nitrogen and oxygen atoms in total. The Morgan fingerprint density at radius 1 is 1.11 bits per heavy atom. The van der Waals surface area contributed by atoms with Gasteiger partial charge in [-0.15, -0.1) is 0 Å². The van der Waals surface area contributed by atoms with Gasteiger partial charge in [-0.3, -0.25) is 4.78 Å². The van der Waals surface area contributed by atoms with E-state index in [2.05, 4.69) is 5.32 Å². The predicted molar refractivity (Wildman–Crippen MR) is 129 cm³/mol. The Bertz CT molecular complexity index is 1090. The third-order valence-corrected chi connectivity index (χ3v) is 7.09. The number of ether oxygens (including phenoxy) is 3. The smallest absolute Gasteiger partial charge is 0.421 e. The number of amides is 1. The summed E-state index contributed by atoms with van der Waals surface area (Å²) in [6.45, 7) is 9.65. The number of hydrogen-bond acceptors (Lipinski definition) is 8. The average molecular weight is 553 g/mol. The van der Waals surface area contributed by atoms with Crippen molar-refractivity contribution < 1.29 is 46.3 Å². The Kier molecular flexibility index (Phi) is 8.98. The van der Waals surface area contributed by atoms with Crippen LogP contribution in [0.5, 0.6) is 0 Å². The normalized spacial score (nSPS) is 22.5. The fraction of sp³-hybridized carbons (Fsp3) is 0.667. The monoisotopic (exact) mass is 552 g/mol. The number of aliphatic hydroxyl groups is 1. The van der Waals surface area contributed by atoms with Gasteiger partial charge in [0.1, 0.15) is 17.2 Å². The number of rotatable bonds is 8. The molecule has 1 aromatic rings. The highest BCUT2D eigenvalue weighted by Gasteiger charge is 2.62. The maximum absolute atomic E-state index is 14.2. The molecule has 13 heteroatoms. The third-order valence-electron chi connectivity index (χ3n) is 5.34. The number of nitrogens with one attached hydrogen (secondary N) is 2. The van der Waals surface area contributed by atoms with Gasteiger partial charge in [-0.1, -0.05) is 24.3 Å². The van der Waals surface area contributed by atoms with Gasteiger partial charge in [-0.05, 0) is 48.0 Å². The lowest BCUT2D eigenvalue weighted by atomic mass is 9.89. The zero-order chi connectivity index (χ0) is 28.4. The van der Waals surface area contributed by atoms with Gasteiger partial charge in [-0.2, -0.15) is 13.2 Å². The molecule has 37 heavy (non-hydrogen) atoms. The summed E-state index contributed by atoms with van der Waals surface area (Å²) in [5, 5.41) is 12.4. The first-order valence-electron chi connectivity index (χ1n) is 11.6. The van der Waals surface area contributed by atoms with Crippen LogP contribution in [0.25, 0.3) is 0 Å². The number of benzene rings is 1. The number of alkyl carbamates (subject to hydrolysis) is 1. The van der Waals surface area contributed by atoms with E-state index in [9.17, 15) is 32.1 Å². The van der Waals surface area contributed by atoms with Gasteiger partial charge in [0.05, 0.1) is 0 Å². The maximum atomic E-state index is 14.2. The molecule has 3 unspecified atom stereocenters. The highest BCUT2D eigenvalue weighted by Crippen LogP contribution is 2.53. The zero-order valence-corrected chi connectivity index (χ0v) is 22.5. The van der Waals surface area contributed by atoms with Gasteiger partial charge in [0, 0.05) is 38.8 Å². The van der Waals surface area contributed by atoms with Crippen molar-refractivity contribution in [2.24, 2.45) is 0 Å². The molecule has 210 valence electrons. The van der Waals surface area contributed by atoms with E-state index in [4.69, 9.17) is 19.0 Å². The minimum absolute atomic E-state index is 0.0529. The fourth-order valence-corrected chi connectivity index (χ4v) is 5.18. The number of hydrogen-bond donors (Lipinski definition) is 3. The lowest BCUT2D eigenvalue weighted by Crippen LogP contribution is -2.47. The number of carbonyl (C=O) groups excluding carboxylic acids is 2. The van der Waals surface area contributed by atoms with Gasteiger partial charge in [0.25, 0.3) is 0 Å². The molecule has 1 aliphatic heterocycles. The third kappa shape index (κ3) is 8.30. The number of esters is 1. The van der Waals surface area contributed by atoms with Gasteiger partial charge in [0.2, 0.25) is 0 Å². The van der Waals surface area contributed by atoms with Crippen molar-refractivity contribution in [2.45, 2.75) is 89.7 Å². The van der Waals surface area contributed by atoms with Crippen molar-refractivity contribution in [2.75, 3.05) is 11.5 Å². The lowest BCUT2D eigenvalue weighted by molar-refractivity contribution is -0.314. The van der Waals surface area contributed by atoms with Crippen molar-refractivity contribution in [3.63, 3.8) is 0 Å². The second-order valence-electron chi connectivity index (χ2n) is 10.9. The highest BCUT2D eigenvalue weighted by molar-refractivity contribution is 7.92. The first-order valence-corrected chi connectivity index (χ1v) is 13.5. The summed E-state index contributed by atoms with van der Waals surface area (Å²) in [5.41, 5.74) is -5.09. The first kappa shape index (κ1) is 30.8. The van der Waals surface area contributed by atoms with Crippen LogP contribution in [-0.4, -0.2) is 56.3 Å². The Labute approximate surface area is 215 Å². The summed E-state index contributed by atoms with van der Waals surface area (Å²) < 4.78 is 79.2. The zero-order valence-electron chi connectivity index (χ0n) is 21.7. The molecule has 0 fully saturated rings. The van der Waals surface area contributed by atoms with Gasteiger partial charge in [0.15, 0.2) is 11.9 Å². The van der Waals surface area contributed by atoms with Crippen LogP contribution in [0.4, 0.5) is 18.0 Å². The van der Waals surface area contributed by atoms with Gasteiger partial charge < -0.3 is 24.6 Å². The van der Waals surface area contributed by atoms with Crippen molar-refractivity contribution in [3.8, 4) is 0 Å². The van der Waals surface area contributed by atoms with Crippen LogP contribution in [-0.2, 0) is 34.3 Å². The number of carbonyl (C=O) groups is 2. The number of fused-ring (bicyclic) bond motifs is 1. The molecule has 0 radical (unpaired) electrons. The van der Waals surface area contributed by atoms with Crippen LogP contribution in [0.2, 0.25) is 0 Å².